The van der Waals surface area contributed by atoms with Crippen LogP contribution in [0, 0.1) is 5.92 Å². The molecule has 0 aliphatic heterocycles. The van der Waals surface area contributed by atoms with Gasteiger partial charge in [-0.3, -0.25) is 0 Å². The van der Waals surface area contributed by atoms with Crippen LogP contribution in [0.4, 0.5) is 0 Å². The van der Waals surface area contributed by atoms with Gasteiger partial charge in [0.05, 0.1) is 13.2 Å². The maximum absolute atomic E-state index is 9.42. The number of ether oxygens (including phenoxy) is 1. The summed E-state index contributed by atoms with van der Waals surface area (Å²) in [6, 6.07) is 15.1. The molecule has 0 radical (unpaired) electrons. The van der Waals surface area contributed by atoms with E-state index in [2.05, 4.69) is 51.1 Å². The molecule has 2 rings (SSSR count). The van der Waals surface area contributed by atoms with Crippen molar-refractivity contribution in [2.45, 2.75) is 143 Å². The van der Waals surface area contributed by atoms with Gasteiger partial charge in [0.25, 0.3) is 0 Å². The Hall–Kier alpha value is -1.80. The summed E-state index contributed by atoms with van der Waals surface area (Å²) in [7, 11) is 0. The van der Waals surface area contributed by atoms with Crippen molar-refractivity contribution in [3.8, 4) is 16.9 Å². The fourth-order valence-electron chi connectivity index (χ4n) is 5.32. The fraction of sp³-hybridized carbons (Fsp3) is 0.667. The van der Waals surface area contributed by atoms with Gasteiger partial charge in [-0.1, -0.05) is 147 Å². The summed E-state index contributed by atoms with van der Waals surface area (Å²) in [5, 5.41) is 9.42. The van der Waals surface area contributed by atoms with Gasteiger partial charge in [0, 0.05) is 0 Å². The number of aliphatic hydroxyl groups is 1. The van der Waals surface area contributed by atoms with E-state index in [1.54, 1.807) is 0 Å². The lowest BCUT2D eigenvalue weighted by Crippen LogP contribution is -2.11. The molecule has 0 aliphatic rings. The maximum Gasteiger partial charge on any atom is 0.120 e. The van der Waals surface area contributed by atoms with Crippen LogP contribution in [0.3, 0.4) is 0 Å². The van der Waals surface area contributed by atoms with Crippen molar-refractivity contribution in [3.05, 3.63) is 53.6 Å². The van der Waals surface area contributed by atoms with E-state index in [9.17, 15) is 5.11 Å². The van der Waals surface area contributed by atoms with Crippen molar-refractivity contribution in [2.75, 3.05) is 6.61 Å². The Bertz CT molecular complexity index is 826. The molecular weight excluding hydrogens is 464 g/mol. The number of aryl methyl sites for hydroxylation is 1. The average Bonchev–Trinajstić information content (AvgIpc) is 2.95. The molecule has 0 heterocycles. The summed E-state index contributed by atoms with van der Waals surface area (Å²) in [5.74, 6) is 1.64. The zero-order valence-electron chi connectivity index (χ0n) is 25.1. The summed E-state index contributed by atoms with van der Waals surface area (Å²) in [4.78, 5) is 0. The van der Waals surface area contributed by atoms with Crippen LogP contribution in [-0.4, -0.2) is 11.7 Å². The highest BCUT2D eigenvalue weighted by atomic mass is 16.5. The van der Waals surface area contributed by atoms with Gasteiger partial charge in [-0.05, 0) is 59.6 Å². The van der Waals surface area contributed by atoms with Gasteiger partial charge in [-0.25, -0.2) is 0 Å². The maximum atomic E-state index is 9.42. The van der Waals surface area contributed by atoms with Crippen molar-refractivity contribution in [3.63, 3.8) is 0 Å². The second-order valence-electron chi connectivity index (χ2n) is 11.4. The molecule has 0 aliphatic carbocycles. The van der Waals surface area contributed by atoms with Crippen molar-refractivity contribution >= 4 is 0 Å². The summed E-state index contributed by atoms with van der Waals surface area (Å²) in [6.07, 6.45) is 24.1. The summed E-state index contributed by atoms with van der Waals surface area (Å²) in [5.41, 5.74) is 4.75. The molecule has 0 spiro atoms. The fourth-order valence-corrected chi connectivity index (χ4v) is 5.32. The first-order valence-electron chi connectivity index (χ1n) is 16.2. The second kappa shape index (κ2) is 21.1. The molecule has 0 saturated heterocycles. The van der Waals surface area contributed by atoms with E-state index in [0.717, 1.165) is 24.3 Å². The molecule has 0 bridgehead atoms. The topological polar surface area (TPSA) is 29.5 Å². The molecule has 0 amide bonds. The van der Waals surface area contributed by atoms with Crippen molar-refractivity contribution in [2.24, 2.45) is 5.92 Å². The third kappa shape index (κ3) is 13.8. The Morgan fingerprint density at radius 1 is 0.605 bits per heavy atom. The van der Waals surface area contributed by atoms with Gasteiger partial charge in [-0.2, -0.15) is 0 Å². The van der Waals surface area contributed by atoms with E-state index >= 15 is 0 Å². The molecule has 1 N–H and O–H groups in total. The summed E-state index contributed by atoms with van der Waals surface area (Å²) < 4.78 is 6.38. The van der Waals surface area contributed by atoms with E-state index < -0.39 is 0 Å². The molecule has 2 heteroatoms. The van der Waals surface area contributed by atoms with Crippen molar-refractivity contribution in [1.82, 2.24) is 0 Å². The van der Waals surface area contributed by atoms with E-state index in [0.29, 0.717) is 5.92 Å². The normalized spacial score (nSPS) is 12.1. The number of unbranched alkanes of at least 4 members (excludes halogenated alkanes) is 13. The minimum absolute atomic E-state index is 0.0872. The van der Waals surface area contributed by atoms with Gasteiger partial charge < -0.3 is 9.84 Å². The minimum atomic E-state index is 0.0872. The number of hydrogen-bond acceptors (Lipinski definition) is 2. The van der Waals surface area contributed by atoms with Crippen LogP contribution in [0.5, 0.6) is 5.75 Å². The van der Waals surface area contributed by atoms with E-state index in [4.69, 9.17) is 4.74 Å². The highest BCUT2D eigenvalue weighted by Gasteiger charge is 2.10. The van der Waals surface area contributed by atoms with E-state index in [1.165, 1.54) is 126 Å². The molecule has 1 unspecified atom stereocenters. The monoisotopic (exact) mass is 522 g/mol. The number of benzene rings is 2. The number of hydrogen-bond donors (Lipinski definition) is 1. The predicted molar refractivity (Wildman–Crippen MR) is 166 cm³/mol. The van der Waals surface area contributed by atoms with Crippen molar-refractivity contribution in [1.29, 1.82) is 0 Å². The molecule has 2 aromatic carbocycles. The predicted octanol–water partition coefficient (Wildman–Crippen LogP) is 11.1. The average molecular weight is 523 g/mol. The standard InChI is InChI=1S/C36H58O2/c1-4-7-9-10-11-12-13-14-15-16-17-18-19-21-33-26-35(34-24-22-32(29-37)23-25-34)28-36(27-33)38-30-31(6-3)20-8-5-2/h22-28,31,37H,4-21,29-30H2,1-3H3. The van der Waals surface area contributed by atoms with Crippen LogP contribution in [0.1, 0.15) is 141 Å². The highest BCUT2D eigenvalue weighted by Crippen LogP contribution is 2.28. The van der Waals surface area contributed by atoms with Crippen LogP contribution < -0.4 is 4.74 Å². The van der Waals surface area contributed by atoms with Gasteiger partial charge >= 0.3 is 0 Å². The Kier molecular flexibility index (Phi) is 18.0. The van der Waals surface area contributed by atoms with Gasteiger partial charge in [0.2, 0.25) is 0 Å². The quantitative estimate of drug-likeness (QED) is 0.147. The number of rotatable bonds is 23. The molecule has 1 atom stereocenters. The Morgan fingerprint density at radius 3 is 1.74 bits per heavy atom. The third-order valence-corrected chi connectivity index (χ3v) is 8.03. The lowest BCUT2D eigenvalue weighted by Gasteiger charge is -2.17. The molecule has 38 heavy (non-hydrogen) atoms. The highest BCUT2D eigenvalue weighted by molar-refractivity contribution is 5.66. The molecule has 0 aromatic heterocycles. The van der Waals surface area contributed by atoms with E-state index in [-0.39, 0.29) is 6.61 Å². The Morgan fingerprint density at radius 2 is 1.18 bits per heavy atom. The van der Waals surface area contributed by atoms with Gasteiger partial charge in [0.15, 0.2) is 0 Å². The second-order valence-corrected chi connectivity index (χ2v) is 11.4. The van der Waals surface area contributed by atoms with Crippen LogP contribution >= 0.6 is 0 Å². The van der Waals surface area contributed by atoms with Crippen LogP contribution in [0.15, 0.2) is 42.5 Å². The molecule has 2 nitrogen and oxygen atoms in total. The summed E-state index contributed by atoms with van der Waals surface area (Å²) >= 11 is 0. The Balaban J connectivity index is 1.82. The largest absolute Gasteiger partial charge is 0.493 e. The molecule has 2 aromatic rings. The molecule has 0 saturated carbocycles. The SMILES string of the molecule is CCCCCCCCCCCCCCCc1cc(OCC(CC)CCCC)cc(-c2ccc(CO)cc2)c1. The lowest BCUT2D eigenvalue weighted by molar-refractivity contribution is 0.233. The van der Waals surface area contributed by atoms with Crippen LogP contribution in [-0.2, 0) is 13.0 Å². The first-order chi connectivity index (χ1) is 18.7. The van der Waals surface area contributed by atoms with Gasteiger partial charge in [-0.15, -0.1) is 0 Å². The van der Waals surface area contributed by atoms with E-state index in [1.807, 2.05) is 12.1 Å². The lowest BCUT2D eigenvalue weighted by atomic mass is 9.98. The minimum Gasteiger partial charge on any atom is -0.493 e. The zero-order valence-corrected chi connectivity index (χ0v) is 25.1. The van der Waals surface area contributed by atoms with Crippen LogP contribution in [0.2, 0.25) is 0 Å². The Labute approximate surface area is 235 Å². The first-order valence-corrected chi connectivity index (χ1v) is 16.2. The first kappa shape index (κ1) is 32.4. The van der Waals surface area contributed by atoms with Crippen LogP contribution in [0.25, 0.3) is 11.1 Å². The summed E-state index contributed by atoms with van der Waals surface area (Å²) in [6.45, 7) is 7.73. The van der Waals surface area contributed by atoms with Crippen molar-refractivity contribution < 1.29 is 9.84 Å². The molecule has 214 valence electrons. The smallest absolute Gasteiger partial charge is 0.120 e. The molecule has 0 fully saturated rings. The number of aliphatic hydroxyl groups excluding tert-OH is 1. The zero-order chi connectivity index (χ0) is 27.3. The molecular formula is C36H58O2. The van der Waals surface area contributed by atoms with Gasteiger partial charge in [0.1, 0.15) is 5.75 Å². The third-order valence-electron chi connectivity index (χ3n) is 8.03.